The molecule has 1 aromatic carbocycles. The minimum absolute atomic E-state index is 0.0373. The van der Waals surface area contributed by atoms with Gasteiger partial charge in [0.15, 0.2) is 0 Å². The van der Waals surface area contributed by atoms with Crippen LogP contribution >= 0.6 is 0 Å². The average molecular weight is 248 g/mol. The van der Waals surface area contributed by atoms with Crippen molar-refractivity contribution in [3.8, 4) is 0 Å². The molecule has 0 aliphatic heterocycles. The van der Waals surface area contributed by atoms with Crippen molar-refractivity contribution in [3.63, 3.8) is 0 Å². The van der Waals surface area contributed by atoms with Crippen molar-refractivity contribution in [2.45, 2.75) is 32.6 Å². The molecule has 2 amide bonds. The third-order valence-corrected chi connectivity index (χ3v) is 2.63. The molecule has 0 unspecified atom stereocenters. The monoisotopic (exact) mass is 248 g/mol. The summed E-state index contributed by atoms with van der Waals surface area (Å²) in [5.74, 6) is 0.0749. The van der Waals surface area contributed by atoms with Crippen LogP contribution in [-0.4, -0.2) is 18.9 Å². The molecule has 0 bridgehead atoms. The van der Waals surface area contributed by atoms with E-state index in [2.05, 4.69) is 10.6 Å². The zero-order valence-electron chi connectivity index (χ0n) is 11.0. The van der Waals surface area contributed by atoms with Gasteiger partial charge in [-0.3, -0.25) is 9.59 Å². The van der Waals surface area contributed by atoms with Crippen LogP contribution in [0.4, 0.5) is 5.69 Å². The van der Waals surface area contributed by atoms with E-state index in [9.17, 15) is 9.59 Å². The van der Waals surface area contributed by atoms with E-state index in [1.807, 2.05) is 31.2 Å². The Kier molecular flexibility index (Phi) is 5.91. The van der Waals surface area contributed by atoms with Crippen LogP contribution in [0.25, 0.3) is 0 Å². The van der Waals surface area contributed by atoms with Crippen LogP contribution in [0.5, 0.6) is 0 Å². The van der Waals surface area contributed by atoms with Gasteiger partial charge in [-0.05, 0) is 30.5 Å². The second-order valence-electron chi connectivity index (χ2n) is 4.17. The molecule has 0 radical (unpaired) electrons. The summed E-state index contributed by atoms with van der Waals surface area (Å²) in [6.07, 6.45) is 2.58. The Labute approximate surface area is 108 Å². The van der Waals surface area contributed by atoms with Gasteiger partial charge in [0, 0.05) is 25.6 Å². The Hall–Kier alpha value is -1.84. The lowest BCUT2D eigenvalue weighted by atomic mass is 10.1. The van der Waals surface area contributed by atoms with Gasteiger partial charge in [-0.1, -0.05) is 19.1 Å². The van der Waals surface area contributed by atoms with Crippen molar-refractivity contribution in [2.75, 3.05) is 12.4 Å². The van der Waals surface area contributed by atoms with Gasteiger partial charge in [0.25, 0.3) is 0 Å². The molecule has 0 fully saturated rings. The highest BCUT2D eigenvalue weighted by molar-refractivity contribution is 5.90. The molecule has 0 aliphatic rings. The van der Waals surface area contributed by atoms with Crippen molar-refractivity contribution in [2.24, 2.45) is 0 Å². The van der Waals surface area contributed by atoms with Crippen LogP contribution in [0.1, 0.15) is 31.7 Å². The summed E-state index contributed by atoms with van der Waals surface area (Å²) in [6.45, 7) is 1.97. The van der Waals surface area contributed by atoms with Gasteiger partial charge in [-0.15, -0.1) is 0 Å². The molecule has 0 atom stereocenters. The van der Waals surface area contributed by atoms with Crippen LogP contribution < -0.4 is 10.6 Å². The zero-order valence-corrected chi connectivity index (χ0v) is 11.0. The first-order valence-corrected chi connectivity index (χ1v) is 6.25. The van der Waals surface area contributed by atoms with E-state index >= 15 is 0 Å². The van der Waals surface area contributed by atoms with Gasteiger partial charge in [0.1, 0.15) is 0 Å². The van der Waals surface area contributed by atoms with Crippen molar-refractivity contribution in [1.82, 2.24) is 5.32 Å². The molecule has 2 N–H and O–H groups in total. The van der Waals surface area contributed by atoms with Crippen LogP contribution in [0, 0.1) is 0 Å². The summed E-state index contributed by atoms with van der Waals surface area (Å²) in [4.78, 5) is 22.5. The molecule has 0 saturated heterocycles. The normalized spacial score (nSPS) is 9.89. The van der Waals surface area contributed by atoms with E-state index in [1.54, 1.807) is 7.05 Å². The average Bonchev–Trinajstić information content (AvgIpc) is 2.37. The van der Waals surface area contributed by atoms with Crippen LogP contribution in [0.2, 0.25) is 0 Å². The zero-order chi connectivity index (χ0) is 13.4. The van der Waals surface area contributed by atoms with Gasteiger partial charge in [-0.25, -0.2) is 0 Å². The largest absolute Gasteiger partial charge is 0.359 e. The summed E-state index contributed by atoms with van der Waals surface area (Å²) in [6, 6.07) is 7.61. The Morgan fingerprint density at radius 3 is 2.28 bits per heavy atom. The number of anilines is 1. The molecule has 0 saturated carbocycles. The molecule has 0 aliphatic carbocycles. The maximum absolute atomic E-state index is 11.4. The number of nitrogens with one attached hydrogen (secondary N) is 2. The van der Waals surface area contributed by atoms with Crippen LogP contribution in [-0.2, 0) is 16.0 Å². The van der Waals surface area contributed by atoms with E-state index < -0.39 is 0 Å². The number of carbonyl (C=O) groups is 2. The molecular weight excluding hydrogens is 228 g/mol. The van der Waals surface area contributed by atoms with Crippen molar-refractivity contribution in [1.29, 1.82) is 0 Å². The molecule has 0 spiro atoms. The lowest BCUT2D eigenvalue weighted by Gasteiger charge is -2.06. The first kappa shape index (κ1) is 14.2. The molecular formula is C14H20N2O2. The second-order valence-corrected chi connectivity index (χ2v) is 4.17. The number of hydrogen-bond donors (Lipinski definition) is 2. The van der Waals surface area contributed by atoms with E-state index in [-0.39, 0.29) is 11.8 Å². The Morgan fingerprint density at radius 2 is 1.72 bits per heavy atom. The lowest BCUT2D eigenvalue weighted by Crippen LogP contribution is -2.17. The van der Waals surface area contributed by atoms with Crippen molar-refractivity contribution in [3.05, 3.63) is 29.8 Å². The maximum Gasteiger partial charge on any atom is 0.224 e. The van der Waals surface area contributed by atoms with Gasteiger partial charge in [-0.2, -0.15) is 0 Å². The Balaban J connectivity index is 2.47. The fourth-order valence-electron chi connectivity index (χ4n) is 1.59. The van der Waals surface area contributed by atoms with Gasteiger partial charge in [0.2, 0.25) is 11.8 Å². The molecule has 1 aromatic rings. The summed E-state index contributed by atoms with van der Waals surface area (Å²) >= 11 is 0. The number of rotatable bonds is 6. The SMILES string of the molecule is CCCC(=O)Nc1ccc(CCC(=O)NC)cc1. The topological polar surface area (TPSA) is 58.2 Å². The fraction of sp³-hybridized carbons (Fsp3) is 0.429. The number of carbonyl (C=O) groups excluding carboxylic acids is 2. The summed E-state index contributed by atoms with van der Waals surface area (Å²) in [5.41, 5.74) is 1.89. The number of hydrogen-bond acceptors (Lipinski definition) is 2. The molecule has 18 heavy (non-hydrogen) atoms. The Bertz CT molecular complexity index is 399. The molecule has 1 rings (SSSR count). The van der Waals surface area contributed by atoms with Crippen LogP contribution in [0.3, 0.4) is 0 Å². The molecule has 0 heterocycles. The van der Waals surface area contributed by atoms with Gasteiger partial charge >= 0.3 is 0 Å². The predicted molar refractivity (Wildman–Crippen MR) is 72.4 cm³/mol. The summed E-state index contributed by atoms with van der Waals surface area (Å²) in [5, 5.41) is 5.42. The highest BCUT2D eigenvalue weighted by Gasteiger charge is 2.02. The second kappa shape index (κ2) is 7.48. The van der Waals surface area contributed by atoms with Gasteiger partial charge < -0.3 is 10.6 Å². The molecule has 4 nitrogen and oxygen atoms in total. The third kappa shape index (κ3) is 4.99. The van der Waals surface area contributed by atoms with E-state index in [4.69, 9.17) is 0 Å². The van der Waals surface area contributed by atoms with Crippen LogP contribution in [0.15, 0.2) is 24.3 Å². The van der Waals surface area contributed by atoms with Crippen molar-refractivity contribution >= 4 is 17.5 Å². The number of amides is 2. The number of benzene rings is 1. The van der Waals surface area contributed by atoms with Gasteiger partial charge in [0.05, 0.1) is 0 Å². The fourth-order valence-corrected chi connectivity index (χ4v) is 1.59. The van der Waals surface area contributed by atoms with E-state index in [0.717, 1.165) is 17.7 Å². The minimum atomic E-state index is 0.0373. The first-order chi connectivity index (χ1) is 8.65. The lowest BCUT2D eigenvalue weighted by molar-refractivity contribution is -0.120. The summed E-state index contributed by atoms with van der Waals surface area (Å²) in [7, 11) is 1.63. The highest BCUT2D eigenvalue weighted by Crippen LogP contribution is 2.11. The maximum atomic E-state index is 11.4. The Morgan fingerprint density at radius 1 is 1.06 bits per heavy atom. The van der Waals surface area contributed by atoms with Crippen molar-refractivity contribution < 1.29 is 9.59 Å². The van der Waals surface area contributed by atoms with E-state index in [1.165, 1.54) is 0 Å². The number of aryl methyl sites for hydroxylation is 1. The van der Waals surface area contributed by atoms with E-state index in [0.29, 0.717) is 19.3 Å². The standard InChI is InChI=1S/C14H20N2O2/c1-3-4-14(18)16-12-8-5-11(6-9-12)7-10-13(17)15-2/h5-6,8-9H,3-4,7,10H2,1-2H3,(H,15,17)(H,16,18). The first-order valence-electron chi connectivity index (χ1n) is 6.25. The third-order valence-electron chi connectivity index (χ3n) is 2.63. The predicted octanol–water partition coefficient (Wildman–Crippen LogP) is 2.10. The smallest absolute Gasteiger partial charge is 0.224 e. The minimum Gasteiger partial charge on any atom is -0.359 e. The molecule has 98 valence electrons. The molecule has 0 aromatic heterocycles. The summed E-state index contributed by atoms with van der Waals surface area (Å²) < 4.78 is 0. The highest BCUT2D eigenvalue weighted by atomic mass is 16.2. The quantitative estimate of drug-likeness (QED) is 0.810. The molecule has 4 heteroatoms.